The van der Waals surface area contributed by atoms with Crippen LogP contribution in [0.4, 0.5) is 0 Å². The summed E-state index contributed by atoms with van der Waals surface area (Å²) in [6.07, 6.45) is 2.73. The number of carboxylic acids is 1. The van der Waals surface area contributed by atoms with Crippen molar-refractivity contribution in [1.29, 1.82) is 0 Å². The van der Waals surface area contributed by atoms with Gasteiger partial charge in [-0.25, -0.2) is 4.79 Å². The number of aromatic carboxylic acids is 1. The summed E-state index contributed by atoms with van der Waals surface area (Å²) < 4.78 is 0.962. The fraction of sp³-hybridized carbons (Fsp3) is 0.273. The molecular formula is C11H11NO2S. The minimum Gasteiger partial charge on any atom is -0.477 e. The van der Waals surface area contributed by atoms with E-state index in [0.717, 1.165) is 27.8 Å². The summed E-state index contributed by atoms with van der Waals surface area (Å²) in [5, 5.41) is 8.98. The first kappa shape index (κ1) is 10.1. The molecule has 0 bridgehead atoms. The molecule has 0 amide bonds. The summed E-state index contributed by atoms with van der Waals surface area (Å²) in [5.74, 6) is -0.867. The van der Waals surface area contributed by atoms with Gasteiger partial charge in [0.1, 0.15) is 4.88 Å². The third-order valence-corrected chi connectivity index (χ3v) is 3.64. The standard InChI is InChI=1S/C11H11NO2S/c1-3-7-4-8-9(12-5-7)6(2)10(15-8)11(13)14/h4-5H,3H2,1-2H3,(H,13,14). The number of hydrogen-bond acceptors (Lipinski definition) is 3. The quantitative estimate of drug-likeness (QED) is 0.848. The Morgan fingerprint density at radius 1 is 1.60 bits per heavy atom. The van der Waals surface area contributed by atoms with Gasteiger partial charge in [-0.15, -0.1) is 11.3 Å². The number of rotatable bonds is 2. The van der Waals surface area contributed by atoms with E-state index >= 15 is 0 Å². The van der Waals surface area contributed by atoms with E-state index in [-0.39, 0.29) is 0 Å². The summed E-state index contributed by atoms with van der Waals surface area (Å²) in [4.78, 5) is 15.6. The highest BCUT2D eigenvalue weighted by atomic mass is 32.1. The van der Waals surface area contributed by atoms with Crippen molar-refractivity contribution in [2.75, 3.05) is 0 Å². The Hall–Kier alpha value is -1.42. The van der Waals surface area contributed by atoms with E-state index in [1.165, 1.54) is 11.3 Å². The van der Waals surface area contributed by atoms with Gasteiger partial charge in [0.25, 0.3) is 0 Å². The minimum atomic E-state index is -0.867. The second kappa shape index (κ2) is 3.62. The molecule has 0 radical (unpaired) electrons. The number of pyridine rings is 1. The lowest BCUT2D eigenvalue weighted by molar-refractivity contribution is 0.0701. The molecule has 2 rings (SSSR count). The van der Waals surface area contributed by atoms with Crippen LogP contribution < -0.4 is 0 Å². The molecule has 15 heavy (non-hydrogen) atoms. The zero-order valence-electron chi connectivity index (χ0n) is 8.57. The van der Waals surface area contributed by atoms with Gasteiger partial charge < -0.3 is 5.11 Å². The number of nitrogens with zero attached hydrogens (tertiary/aromatic N) is 1. The topological polar surface area (TPSA) is 50.2 Å². The van der Waals surface area contributed by atoms with E-state index in [9.17, 15) is 4.79 Å². The first-order chi connectivity index (χ1) is 7.13. The number of carboxylic acid groups (broad SMARTS) is 1. The zero-order valence-corrected chi connectivity index (χ0v) is 9.39. The summed E-state index contributed by atoms with van der Waals surface area (Å²) in [5.41, 5.74) is 2.72. The van der Waals surface area contributed by atoms with Crippen LogP contribution in [0, 0.1) is 6.92 Å². The van der Waals surface area contributed by atoms with Gasteiger partial charge in [0.2, 0.25) is 0 Å². The molecule has 2 aromatic rings. The van der Waals surface area contributed by atoms with Crippen molar-refractivity contribution in [3.63, 3.8) is 0 Å². The first-order valence-electron chi connectivity index (χ1n) is 4.74. The molecule has 0 spiro atoms. The van der Waals surface area contributed by atoms with E-state index in [1.807, 2.05) is 12.3 Å². The molecule has 3 nitrogen and oxygen atoms in total. The van der Waals surface area contributed by atoms with Gasteiger partial charge in [-0.1, -0.05) is 6.92 Å². The normalized spacial score (nSPS) is 10.8. The number of hydrogen-bond donors (Lipinski definition) is 1. The Labute approximate surface area is 91.4 Å². The van der Waals surface area contributed by atoms with Gasteiger partial charge >= 0.3 is 5.97 Å². The smallest absolute Gasteiger partial charge is 0.346 e. The van der Waals surface area contributed by atoms with E-state index in [1.54, 1.807) is 6.92 Å². The first-order valence-corrected chi connectivity index (χ1v) is 5.56. The largest absolute Gasteiger partial charge is 0.477 e. The van der Waals surface area contributed by atoms with Gasteiger partial charge in [0, 0.05) is 11.8 Å². The van der Waals surface area contributed by atoms with Crippen LogP contribution in [0.15, 0.2) is 12.3 Å². The van der Waals surface area contributed by atoms with Crippen LogP contribution in [0.25, 0.3) is 10.2 Å². The fourth-order valence-corrected chi connectivity index (χ4v) is 2.61. The second-order valence-electron chi connectivity index (χ2n) is 3.41. The van der Waals surface area contributed by atoms with Crippen molar-refractivity contribution in [2.24, 2.45) is 0 Å². The minimum absolute atomic E-state index is 0.394. The van der Waals surface area contributed by atoms with Crippen molar-refractivity contribution in [1.82, 2.24) is 4.98 Å². The van der Waals surface area contributed by atoms with Gasteiger partial charge in [-0.05, 0) is 25.0 Å². The average molecular weight is 221 g/mol. The highest BCUT2D eigenvalue weighted by molar-refractivity contribution is 7.20. The summed E-state index contributed by atoms with van der Waals surface area (Å²) >= 11 is 1.30. The monoisotopic (exact) mass is 221 g/mol. The molecule has 0 aromatic carbocycles. The Balaban J connectivity index is 2.70. The van der Waals surface area contributed by atoms with Crippen LogP contribution in [-0.4, -0.2) is 16.1 Å². The highest BCUT2D eigenvalue weighted by Crippen LogP contribution is 2.29. The van der Waals surface area contributed by atoms with Crippen LogP contribution in [0.3, 0.4) is 0 Å². The van der Waals surface area contributed by atoms with Crippen molar-refractivity contribution in [3.05, 3.63) is 28.3 Å². The second-order valence-corrected chi connectivity index (χ2v) is 4.46. The molecule has 2 heterocycles. The number of aryl methyl sites for hydroxylation is 2. The van der Waals surface area contributed by atoms with Crippen LogP contribution in [0.1, 0.15) is 27.7 Å². The van der Waals surface area contributed by atoms with E-state index in [4.69, 9.17) is 5.11 Å². The molecule has 0 atom stereocenters. The Bertz CT molecular complexity index is 531. The molecule has 0 aliphatic heterocycles. The molecule has 4 heteroatoms. The van der Waals surface area contributed by atoms with E-state index in [2.05, 4.69) is 11.9 Å². The van der Waals surface area contributed by atoms with E-state index in [0.29, 0.717) is 4.88 Å². The van der Waals surface area contributed by atoms with Crippen LogP contribution in [0.5, 0.6) is 0 Å². The summed E-state index contributed by atoms with van der Waals surface area (Å²) in [6, 6.07) is 2.02. The van der Waals surface area contributed by atoms with Crippen LogP contribution in [-0.2, 0) is 6.42 Å². The number of thiophene rings is 1. The number of carbonyl (C=O) groups is 1. The molecule has 78 valence electrons. The van der Waals surface area contributed by atoms with Crippen LogP contribution in [0.2, 0.25) is 0 Å². The van der Waals surface area contributed by atoms with Gasteiger partial charge in [-0.3, -0.25) is 4.98 Å². The molecule has 0 saturated heterocycles. The van der Waals surface area contributed by atoms with Crippen LogP contribution >= 0.6 is 11.3 Å². The Morgan fingerprint density at radius 2 is 2.33 bits per heavy atom. The zero-order chi connectivity index (χ0) is 11.0. The molecule has 0 unspecified atom stereocenters. The summed E-state index contributed by atoms with van der Waals surface area (Å²) in [6.45, 7) is 3.86. The van der Waals surface area contributed by atoms with Crippen molar-refractivity contribution >= 4 is 27.5 Å². The fourth-order valence-electron chi connectivity index (χ4n) is 1.54. The molecular weight excluding hydrogens is 210 g/mol. The molecule has 0 aliphatic rings. The van der Waals surface area contributed by atoms with Crippen molar-refractivity contribution in [3.8, 4) is 0 Å². The molecule has 0 fully saturated rings. The molecule has 0 saturated carbocycles. The predicted octanol–water partition coefficient (Wildman–Crippen LogP) is 2.87. The van der Waals surface area contributed by atoms with Gasteiger partial charge in [0.15, 0.2) is 0 Å². The van der Waals surface area contributed by atoms with Gasteiger partial charge in [-0.2, -0.15) is 0 Å². The molecule has 2 aromatic heterocycles. The Kier molecular flexibility index (Phi) is 2.44. The van der Waals surface area contributed by atoms with Gasteiger partial charge in [0.05, 0.1) is 10.2 Å². The lowest BCUT2D eigenvalue weighted by Crippen LogP contribution is -1.93. The average Bonchev–Trinajstić information content (AvgIpc) is 2.55. The van der Waals surface area contributed by atoms with Crippen molar-refractivity contribution in [2.45, 2.75) is 20.3 Å². The number of fused-ring (bicyclic) bond motifs is 1. The predicted molar refractivity (Wildman–Crippen MR) is 60.7 cm³/mol. The van der Waals surface area contributed by atoms with E-state index < -0.39 is 5.97 Å². The third kappa shape index (κ3) is 1.61. The number of aromatic nitrogens is 1. The lowest BCUT2D eigenvalue weighted by atomic mass is 10.2. The Morgan fingerprint density at radius 3 is 2.93 bits per heavy atom. The summed E-state index contributed by atoms with van der Waals surface area (Å²) in [7, 11) is 0. The maximum atomic E-state index is 10.9. The maximum absolute atomic E-state index is 10.9. The third-order valence-electron chi connectivity index (χ3n) is 2.42. The maximum Gasteiger partial charge on any atom is 0.346 e. The molecule has 1 N–H and O–H groups in total. The SMILES string of the molecule is CCc1cnc2c(C)c(C(=O)O)sc2c1. The highest BCUT2D eigenvalue weighted by Gasteiger charge is 2.15. The van der Waals surface area contributed by atoms with Crippen molar-refractivity contribution < 1.29 is 9.90 Å². The lowest BCUT2D eigenvalue weighted by Gasteiger charge is -1.95. The molecule has 0 aliphatic carbocycles.